The Morgan fingerprint density at radius 2 is 1.96 bits per heavy atom. The van der Waals surface area contributed by atoms with Gasteiger partial charge in [0.1, 0.15) is 5.25 Å². The molecule has 0 bridgehead atoms. The maximum atomic E-state index is 12.5. The number of nitrogens with zero attached hydrogens (tertiary/aromatic N) is 3. The molecule has 0 saturated heterocycles. The van der Waals surface area contributed by atoms with Crippen LogP contribution in [0.5, 0.6) is 0 Å². The van der Waals surface area contributed by atoms with Crippen molar-refractivity contribution in [3.8, 4) is 0 Å². The molecule has 3 rings (SSSR count). The van der Waals surface area contributed by atoms with Crippen LogP contribution in [0.4, 0.5) is 0 Å². The van der Waals surface area contributed by atoms with Crippen LogP contribution in [-0.4, -0.2) is 36.9 Å². The number of rotatable bonds is 6. The standard InChI is InChI=1S/C19H22N4O4S/c1-5-27-17(25)12(3)28-19-20-15-14(16(24)21-18(26)22(15)4)23(19)10-13-8-6-11(2)7-9-13/h6-9,12H,5,10H2,1-4H3,(H,21,24,26)/t12-/m1/s1. The Kier molecular flexibility index (Phi) is 5.73. The number of hydrogen-bond donors (Lipinski definition) is 1. The number of esters is 1. The molecular formula is C19H22N4O4S. The SMILES string of the molecule is CCOC(=O)[C@@H](C)Sc1nc2c(c(=O)[nH]c(=O)n2C)n1Cc1ccc(C)cc1. The molecule has 0 fully saturated rings. The first-order valence-corrected chi connectivity index (χ1v) is 9.78. The average Bonchev–Trinajstić information content (AvgIpc) is 3.00. The second-order valence-corrected chi connectivity index (χ2v) is 7.78. The Morgan fingerprint density at radius 1 is 1.29 bits per heavy atom. The molecule has 0 aliphatic heterocycles. The van der Waals surface area contributed by atoms with Gasteiger partial charge in [-0.25, -0.2) is 9.78 Å². The van der Waals surface area contributed by atoms with Gasteiger partial charge in [-0.3, -0.25) is 19.1 Å². The lowest BCUT2D eigenvalue weighted by Crippen LogP contribution is -2.29. The molecule has 28 heavy (non-hydrogen) atoms. The number of nitrogens with one attached hydrogen (secondary N) is 1. The van der Waals surface area contributed by atoms with Crippen molar-refractivity contribution in [2.75, 3.05) is 6.61 Å². The van der Waals surface area contributed by atoms with E-state index in [1.165, 1.54) is 16.3 Å². The number of fused-ring (bicyclic) bond motifs is 1. The zero-order valence-corrected chi connectivity index (χ0v) is 17.0. The summed E-state index contributed by atoms with van der Waals surface area (Å²) in [5.41, 5.74) is 1.63. The molecule has 148 valence electrons. The molecule has 0 spiro atoms. The summed E-state index contributed by atoms with van der Waals surface area (Å²) in [4.78, 5) is 43.3. The van der Waals surface area contributed by atoms with Crippen molar-refractivity contribution in [1.29, 1.82) is 0 Å². The predicted molar refractivity (Wildman–Crippen MR) is 108 cm³/mol. The molecule has 8 nitrogen and oxygen atoms in total. The molecule has 0 radical (unpaired) electrons. The van der Waals surface area contributed by atoms with Gasteiger partial charge in [0, 0.05) is 7.05 Å². The van der Waals surface area contributed by atoms with Crippen LogP contribution in [0, 0.1) is 6.92 Å². The molecule has 0 unspecified atom stereocenters. The third-order valence-electron chi connectivity index (χ3n) is 4.33. The highest BCUT2D eigenvalue weighted by atomic mass is 32.2. The summed E-state index contributed by atoms with van der Waals surface area (Å²) in [6.07, 6.45) is 0. The zero-order valence-electron chi connectivity index (χ0n) is 16.2. The Hall–Kier alpha value is -2.81. The van der Waals surface area contributed by atoms with Gasteiger partial charge in [0.05, 0.1) is 13.2 Å². The number of imidazole rings is 1. The minimum atomic E-state index is -0.535. The second-order valence-electron chi connectivity index (χ2n) is 6.47. The van der Waals surface area contributed by atoms with Crippen molar-refractivity contribution < 1.29 is 9.53 Å². The van der Waals surface area contributed by atoms with E-state index < -0.39 is 16.5 Å². The van der Waals surface area contributed by atoms with Gasteiger partial charge in [0.2, 0.25) is 0 Å². The van der Waals surface area contributed by atoms with E-state index >= 15 is 0 Å². The van der Waals surface area contributed by atoms with Gasteiger partial charge in [0.15, 0.2) is 16.3 Å². The Bertz CT molecular complexity index is 1130. The number of aryl methyl sites for hydroxylation is 2. The highest BCUT2D eigenvalue weighted by molar-refractivity contribution is 8.00. The largest absolute Gasteiger partial charge is 0.465 e. The fourth-order valence-corrected chi connectivity index (χ4v) is 3.70. The Labute approximate surface area is 165 Å². The van der Waals surface area contributed by atoms with E-state index in [2.05, 4.69) is 9.97 Å². The molecular weight excluding hydrogens is 380 g/mol. The second kappa shape index (κ2) is 8.05. The molecule has 0 saturated carbocycles. The van der Waals surface area contributed by atoms with Gasteiger partial charge < -0.3 is 9.30 Å². The summed E-state index contributed by atoms with van der Waals surface area (Å²) in [6, 6.07) is 7.92. The van der Waals surface area contributed by atoms with Crippen LogP contribution < -0.4 is 11.2 Å². The Morgan fingerprint density at radius 3 is 2.61 bits per heavy atom. The molecule has 0 aliphatic rings. The number of ether oxygens (including phenoxy) is 1. The van der Waals surface area contributed by atoms with Gasteiger partial charge in [-0.2, -0.15) is 0 Å². The number of carbonyl (C=O) groups excluding carboxylic acids is 1. The summed E-state index contributed by atoms with van der Waals surface area (Å²) in [7, 11) is 1.55. The van der Waals surface area contributed by atoms with E-state index in [4.69, 9.17) is 4.74 Å². The molecule has 9 heteroatoms. The molecule has 2 heterocycles. The maximum Gasteiger partial charge on any atom is 0.329 e. The minimum absolute atomic E-state index is 0.277. The topological polar surface area (TPSA) is 99.0 Å². The van der Waals surface area contributed by atoms with E-state index in [1.807, 2.05) is 31.2 Å². The third-order valence-corrected chi connectivity index (χ3v) is 5.40. The average molecular weight is 402 g/mol. The van der Waals surface area contributed by atoms with Crippen molar-refractivity contribution >= 4 is 28.9 Å². The van der Waals surface area contributed by atoms with Crippen molar-refractivity contribution in [3.05, 3.63) is 56.2 Å². The molecule has 1 N–H and O–H groups in total. The number of benzene rings is 1. The number of H-pyrrole nitrogens is 1. The molecule has 0 amide bonds. The highest BCUT2D eigenvalue weighted by Crippen LogP contribution is 2.27. The van der Waals surface area contributed by atoms with Crippen LogP contribution in [0.2, 0.25) is 0 Å². The van der Waals surface area contributed by atoms with Crippen LogP contribution in [-0.2, 0) is 23.1 Å². The third kappa shape index (κ3) is 3.89. The quantitative estimate of drug-likeness (QED) is 0.499. The van der Waals surface area contributed by atoms with Crippen molar-refractivity contribution in [2.24, 2.45) is 7.05 Å². The van der Waals surface area contributed by atoms with Gasteiger partial charge in [0.25, 0.3) is 5.56 Å². The number of aromatic nitrogens is 4. The van der Waals surface area contributed by atoms with Crippen molar-refractivity contribution in [3.63, 3.8) is 0 Å². The number of carbonyl (C=O) groups is 1. The molecule has 0 aliphatic carbocycles. The van der Waals surface area contributed by atoms with Crippen LogP contribution in [0.1, 0.15) is 25.0 Å². The summed E-state index contributed by atoms with van der Waals surface area (Å²) in [5, 5.41) is -0.0348. The monoisotopic (exact) mass is 402 g/mol. The lowest BCUT2D eigenvalue weighted by molar-refractivity contribution is -0.142. The van der Waals surface area contributed by atoms with Gasteiger partial charge >= 0.3 is 11.7 Å². The molecule has 1 aromatic carbocycles. The predicted octanol–water partition coefficient (Wildman–Crippen LogP) is 1.82. The lowest BCUT2D eigenvalue weighted by Gasteiger charge is -2.12. The maximum absolute atomic E-state index is 12.5. The first kappa shape index (κ1) is 19.9. The lowest BCUT2D eigenvalue weighted by atomic mass is 10.1. The molecule has 1 atom stereocenters. The van der Waals surface area contributed by atoms with Crippen molar-refractivity contribution in [2.45, 2.75) is 37.7 Å². The van der Waals surface area contributed by atoms with Gasteiger partial charge in [-0.1, -0.05) is 41.6 Å². The first-order chi connectivity index (χ1) is 13.3. The molecule has 3 aromatic rings. The smallest absolute Gasteiger partial charge is 0.329 e. The van der Waals surface area contributed by atoms with Crippen LogP contribution >= 0.6 is 11.8 Å². The fraction of sp³-hybridized carbons (Fsp3) is 0.368. The van der Waals surface area contributed by atoms with Crippen LogP contribution in [0.3, 0.4) is 0 Å². The number of aromatic amines is 1. The summed E-state index contributed by atoms with van der Waals surface area (Å²) in [5.74, 6) is -0.357. The number of hydrogen-bond acceptors (Lipinski definition) is 6. The van der Waals surface area contributed by atoms with E-state index in [0.29, 0.717) is 17.2 Å². The van der Waals surface area contributed by atoms with Crippen molar-refractivity contribution in [1.82, 2.24) is 19.1 Å². The van der Waals surface area contributed by atoms with E-state index in [9.17, 15) is 14.4 Å². The zero-order chi connectivity index (χ0) is 20.4. The normalized spacial score (nSPS) is 12.3. The fourth-order valence-electron chi connectivity index (χ4n) is 2.79. The van der Waals surface area contributed by atoms with E-state index in [1.54, 1.807) is 25.5 Å². The Balaban J connectivity index is 2.13. The summed E-state index contributed by atoms with van der Waals surface area (Å²) < 4.78 is 8.10. The summed E-state index contributed by atoms with van der Waals surface area (Å²) in [6.45, 7) is 6.14. The van der Waals surface area contributed by atoms with Gasteiger partial charge in [-0.05, 0) is 26.3 Å². The van der Waals surface area contributed by atoms with E-state index in [0.717, 1.165) is 11.1 Å². The number of thioether (sulfide) groups is 1. The first-order valence-electron chi connectivity index (χ1n) is 8.90. The highest BCUT2D eigenvalue weighted by Gasteiger charge is 2.23. The van der Waals surface area contributed by atoms with E-state index in [-0.39, 0.29) is 18.2 Å². The van der Waals surface area contributed by atoms with Crippen LogP contribution in [0.15, 0.2) is 39.0 Å². The minimum Gasteiger partial charge on any atom is -0.465 e. The van der Waals surface area contributed by atoms with Crippen LogP contribution in [0.25, 0.3) is 11.2 Å². The summed E-state index contributed by atoms with van der Waals surface area (Å²) >= 11 is 1.20. The van der Waals surface area contributed by atoms with Gasteiger partial charge in [-0.15, -0.1) is 0 Å². The molecule has 2 aromatic heterocycles.